The van der Waals surface area contributed by atoms with E-state index in [9.17, 15) is 9.90 Å². The van der Waals surface area contributed by atoms with Gasteiger partial charge in [-0.15, -0.1) is 11.3 Å². The van der Waals surface area contributed by atoms with E-state index in [4.69, 9.17) is 4.74 Å². The van der Waals surface area contributed by atoms with Crippen LogP contribution in [0.3, 0.4) is 0 Å². The van der Waals surface area contributed by atoms with Crippen molar-refractivity contribution in [2.75, 3.05) is 7.11 Å². The van der Waals surface area contributed by atoms with Crippen LogP contribution in [0.1, 0.15) is 53.2 Å². The molecule has 0 fully saturated rings. The van der Waals surface area contributed by atoms with E-state index in [0.29, 0.717) is 9.88 Å². The standard InChI is InChI=1S/C17H22N2O3S/c1-10(2)15(12-5-7-13(22-4)8-6-12)19-16(21)14-9-18-17(23-14)11(3)20/h5-11,15,20H,1-4H3,(H,19,21)/t11-,15+/m1/s1. The van der Waals surface area contributed by atoms with Crippen LogP contribution in [0, 0.1) is 5.92 Å². The third kappa shape index (κ3) is 4.30. The number of aliphatic hydroxyl groups excluding tert-OH is 1. The van der Waals surface area contributed by atoms with Crippen molar-refractivity contribution in [1.82, 2.24) is 10.3 Å². The Morgan fingerprint density at radius 1 is 1.26 bits per heavy atom. The monoisotopic (exact) mass is 334 g/mol. The molecule has 6 heteroatoms. The van der Waals surface area contributed by atoms with Crippen LogP contribution in [-0.4, -0.2) is 23.1 Å². The minimum Gasteiger partial charge on any atom is -0.497 e. The van der Waals surface area contributed by atoms with Gasteiger partial charge in [-0.05, 0) is 30.5 Å². The number of benzene rings is 1. The highest BCUT2D eigenvalue weighted by Gasteiger charge is 2.21. The molecule has 0 saturated carbocycles. The summed E-state index contributed by atoms with van der Waals surface area (Å²) < 4.78 is 5.17. The summed E-state index contributed by atoms with van der Waals surface area (Å²) >= 11 is 1.21. The van der Waals surface area contributed by atoms with Gasteiger partial charge in [-0.1, -0.05) is 26.0 Å². The van der Waals surface area contributed by atoms with Gasteiger partial charge in [-0.3, -0.25) is 4.79 Å². The molecule has 0 spiro atoms. The van der Waals surface area contributed by atoms with Crippen LogP contribution in [0.25, 0.3) is 0 Å². The quantitative estimate of drug-likeness (QED) is 0.850. The maximum atomic E-state index is 12.4. The highest BCUT2D eigenvalue weighted by atomic mass is 32.1. The second kappa shape index (κ2) is 7.57. The van der Waals surface area contributed by atoms with Crippen LogP contribution in [-0.2, 0) is 0 Å². The fraction of sp³-hybridized carbons (Fsp3) is 0.412. The maximum absolute atomic E-state index is 12.4. The molecule has 0 unspecified atom stereocenters. The minimum absolute atomic E-state index is 0.106. The van der Waals surface area contributed by atoms with E-state index in [2.05, 4.69) is 24.1 Å². The van der Waals surface area contributed by atoms with E-state index in [1.807, 2.05) is 24.3 Å². The average Bonchev–Trinajstić information content (AvgIpc) is 3.02. The normalized spacial score (nSPS) is 13.7. The molecule has 0 aliphatic carbocycles. The van der Waals surface area contributed by atoms with E-state index in [-0.39, 0.29) is 17.9 Å². The lowest BCUT2D eigenvalue weighted by Gasteiger charge is -2.22. The number of methoxy groups -OCH3 is 1. The van der Waals surface area contributed by atoms with Crippen LogP contribution in [0.2, 0.25) is 0 Å². The third-order valence-corrected chi connectivity index (χ3v) is 4.70. The Morgan fingerprint density at radius 3 is 2.39 bits per heavy atom. The number of carbonyl (C=O) groups excluding carboxylic acids is 1. The molecule has 1 amide bonds. The Labute approximate surface area is 140 Å². The Kier molecular flexibility index (Phi) is 5.74. The summed E-state index contributed by atoms with van der Waals surface area (Å²) in [5, 5.41) is 13.1. The predicted molar refractivity (Wildman–Crippen MR) is 90.8 cm³/mol. The highest BCUT2D eigenvalue weighted by Crippen LogP contribution is 2.26. The highest BCUT2D eigenvalue weighted by molar-refractivity contribution is 7.13. The van der Waals surface area contributed by atoms with Crippen molar-refractivity contribution < 1.29 is 14.6 Å². The number of hydrogen-bond donors (Lipinski definition) is 2. The number of aromatic nitrogens is 1. The summed E-state index contributed by atoms with van der Waals surface area (Å²) in [6.07, 6.45) is 0.844. The molecule has 1 heterocycles. The van der Waals surface area contributed by atoms with Crippen molar-refractivity contribution in [2.45, 2.75) is 32.9 Å². The van der Waals surface area contributed by atoms with Crippen molar-refractivity contribution in [3.63, 3.8) is 0 Å². The molecule has 2 atom stereocenters. The predicted octanol–water partition coefficient (Wildman–Crippen LogP) is 3.33. The second-order valence-corrected chi connectivity index (χ2v) is 6.77. The zero-order valence-corrected chi connectivity index (χ0v) is 14.6. The van der Waals surface area contributed by atoms with E-state index in [1.165, 1.54) is 17.5 Å². The molecular formula is C17H22N2O3S. The number of thiazole rings is 1. The fourth-order valence-corrected chi connectivity index (χ4v) is 3.00. The SMILES string of the molecule is COc1ccc([C@@H](NC(=O)c2cnc([C@@H](C)O)s2)C(C)C)cc1. The van der Waals surface area contributed by atoms with E-state index >= 15 is 0 Å². The number of aliphatic hydroxyl groups is 1. The van der Waals surface area contributed by atoms with Crippen molar-refractivity contribution in [2.24, 2.45) is 5.92 Å². The molecule has 1 aromatic carbocycles. The van der Waals surface area contributed by atoms with Crippen molar-refractivity contribution >= 4 is 17.2 Å². The lowest BCUT2D eigenvalue weighted by Crippen LogP contribution is -2.31. The van der Waals surface area contributed by atoms with Gasteiger partial charge in [0.05, 0.1) is 19.3 Å². The van der Waals surface area contributed by atoms with Gasteiger partial charge in [0.2, 0.25) is 0 Å². The molecule has 2 N–H and O–H groups in total. The van der Waals surface area contributed by atoms with Crippen molar-refractivity contribution in [1.29, 1.82) is 0 Å². The van der Waals surface area contributed by atoms with Gasteiger partial charge in [0.25, 0.3) is 5.91 Å². The smallest absolute Gasteiger partial charge is 0.263 e. The first-order valence-corrected chi connectivity index (χ1v) is 8.32. The number of amides is 1. The maximum Gasteiger partial charge on any atom is 0.263 e. The van der Waals surface area contributed by atoms with Crippen LogP contribution < -0.4 is 10.1 Å². The average molecular weight is 334 g/mol. The second-order valence-electron chi connectivity index (χ2n) is 5.71. The molecule has 0 bridgehead atoms. The number of nitrogens with one attached hydrogen (secondary N) is 1. The van der Waals surface area contributed by atoms with E-state index in [1.54, 1.807) is 14.0 Å². The summed E-state index contributed by atoms with van der Waals surface area (Å²) in [7, 11) is 1.63. The first kappa shape index (κ1) is 17.4. The number of ether oxygens (including phenoxy) is 1. The first-order chi connectivity index (χ1) is 10.9. The first-order valence-electron chi connectivity index (χ1n) is 7.51. The summed E-state index contributed by atoms with van der Waals surface area (Å²) in [6.45, 7) is 5.75. The van der Waals surface area contributed by atoms with Gasteiger partial charge in [0.15, 0.2) is 0 Å². The molecule has 0 saturated heterocycles. The van der Waals surface area contributed by atoms with Crippen LogP contribution >= 0.6 is 11.3 Å². The Bertz CT molecular complexity index is 650. The van der Waals surface area contributed by atoms with Gasteiger partial charge >= 0.3 is 0 Å². The minimum atomic E-state index is -0.663. The number of nitrogens with zero attached hydrogens (tertiary/aromatic N) is 1. The Morgan fingerprint density at radius 2 is 1.91 bits per heavy atom. The third-order valence-electron chi connectivity index (χ3n) is 3.53. The number of hydrogen-bond acceptors (Lipinski definition) is 5. The van der Waals surface area contributed by atoms with Gasteiger partial charge in [0, 0.05) is 0 Å². The van der Waals surface area contributed by atoms with Crippen molar-refractivity contribution in [3.8, 4) is 5.75 Å². The van der Waals surface area contributed by atoms with Gasteiger partial charge in [0.1, 0.15) is 21.7 Å². The van der Waals surface area contributed by atoms with Crippen LogP contribution in [0.4, 0.5) is 0 Å². The summed E-state index contributed by atoms with van der Waals surface area (Å²) in [4.78, 5) is 17.0. The number of carbonyl (C=O) groups is 1. The van der Waals surface area contributed by atoms with Gasteiger partial charge < -0.3 is 15.2 Å². The molecule has 0 aliphatic heterocycles. The van der Waals surface area contributed by atoms with Gasteiger partial charge in [-0.25, -0.2) is 4.98 Å². The molecule has 0 aliphatic rings. The zero-order valence-electron chi connectivity index (χ0n) is 13.7. The molecule has 2 aromatic rings. The molecule has 23 heavy (non-hydrogen) atoms. The molecule has 0 radical (unpaired) electrons. The Balaban J connectivity index is 2.16. The molecule has 5 nitrogen and oxygen atoms in total. The zero-order chi connectivity index (χ0) is 17.0. The molecule has 1 aromatic heterocycles. The Hall–Kier alpha value is -1.92. The van der Waals surface area contributed by atoms with Crippen LogP contribution in [0.15, 0.2) is 30.5 Å². The molecule has 2 rings (SSSR count). The lowest BCUT2D eigenvalue weighted by molar-refractivity contribution is 0.0929. The summed E-state index contributed by atoms with van der Waals surface area (Å²) in [5.41, 5.74) is 1.02. The lowest BCUT2D eigenvalue weighted by atomic mass is 9.96. The van der Waals surface area contributed by atoms with E-state index in [0.717, 1.165) is 11.3 Å². The fourth-order valence-electron chi connectivity index (χ4n) is 2.24. The molecule has 124 valence electrons. The van der Waals surface area contributed by atoms with Crippen molar-refractivity contribution in [3.05, 3.63) is 45.9 Å². The van der Waals surface area contributed by atoms with E-state index < -0.39 is 6.10 Å². The summed E-state index contributed by atoms with van der Waals surface area (Å²) in [6, 6.07) is 7.57. The number of rotatable bonds is 6. The topological polar surface area (TPSA) is 71.5 Å². The van der Waals surface area contributed by atoms with Crippen LogP contribution in [0.5, 0.6) is 5.75 Å². The largest absolute Gasteiger partial charge is 0.497 e. The summed E-state index contributed by atoms with van der Waals surface area (Å²) in [5.74, 6) is 0.840. The van der Waals surface area contributed by atoms with Gasteiger partial charge in [-0.2, -0.15) is 0 Å². The molecular weight excluding hydrogens is 312 g/mol.